The van der Waals surface area contributed by atoms with E-state index in [0.29, 0.717) is 13.0 Å². The van der Waals surface area contributed by atoms with Gasteiger partial charge in [0.1, 0.15) is 5.78 Å². The van der Waals surface area contributed by atoms with Crippen LogP contribution in [0.15, 0.2) is 0 Å². The quantitative estimate of drug-likeness (QED) is 0.572. The number of Topliss-reactive ketones (excluding diaryl/α,β-unsaturated/α-hetero) is 1. The number of carbonyl (C=O) groups is 1. The molecule has 0 fully saturated rings. The van der Waals surface area contributed by atoms with Gasteiger partial charge in [0.2, 0.25) is 0 Å². The molecule has 2 unspecified atom stereocenters. The molecule has 0 spiro atoms. The zero-order chi connectivity index (χ0) is 10.3. The third-order valence-electron chi connectivity index (χ3n) is 1.70. The lowest BCUT2D eigenvalue weighted by Gasteiger charge is -2.10. The molecule has 0 radical (unpaired) electrons. The van der Waals surface area contributed by atoms with Crippen LogP contribution in [0.4, 0.5) is 0 Å². The van der Waals surface area contributed by atoms with Crippen LogP contribution >= 0.6 is 0 Å². The van der Waals surface area contributed by atoms with Gasteiger partial charge in [-0.2, -0.15) is 0 Å². The first-order chi connectivity index (χ1) is 6.10. The summed E-state index contributed by atoms with van der Waals surface area (Å²) in [5, 5.41) is 18.2. The summed E-state index contributed by atoms with van der Waals surface area (Å²) in [6.45, 7) is 3.93. The maximum absolute atomic E-state index is 11.1. The van der Waals surface area contributed by atoms with Gasteiger partial charge in [0, 0.05) is 13.0 Å². The third kappa shape index (κ3) is 6.69. The zero-order valence-electron chi connectivity index (χ0n) is 8.19. The number of rotatable bonds is 7. The molecule has 0 bridgehead atoms. The molecule has 0 aromatic carbocycles. The van der Waals surface area contributed by atoms with Gasteiger partial charge in [0.05, 0.1) is 12.5 Å². The largest absolute Gasteiger partial charge is 0.393 e. The topological polar surface area (TPSA) is 66.8 Å². The van der Waals surface area contributed by atoms with Crippen molar-refractivity contribution in [2.75, 3.05) is 6.61 Å². The zero-order valence-corrected chi connectivity index (χ0v) is 8.19. The maximum atomic E-state index is 11.1. The summed E-state index contributed by atoms with van der Waals surface area (Å²) in [7, 11) is 0. The van der Waals surface area contributed by atoms with Crippen molar-refractivity contribution >= 4 is 5.78 Å². The first-order valence-corrected chi connectivity index (χ1v) is 4.59. The predicted molar refractivity (Wildman–Crippen MR) is 48.2 cm³/mol. The summed E-state index contributed by atoms with van der Waals surface area (Å²) in [5.74, 6) is -0.171. The molecule has 2 atom stereocenters. The summed E-state index contributed by atoms with van der Waals surface area (Å²) >= 11 is 0. The van der Waals surface area contributed by atoms with Crippen molar-refractivity contribution in [2.24, 2.45) is 0 Å². The van der Waals surface area contributed by atoms with E-state index in [1.807, 2.05) is 0 Å². The summed E-state index contributed by atoms with van der Waals surface area (Å²) in [5.41, 5.74) is 0. The summed E-state index contributed by atoms with van der Waals surface area (Å²) in [6, 6.07) is 0. The van der Waals surface area contributed by atoms with Crippen LogP contribution in [0.2, 0.25) is 0 Å². The molecule has 4 heteroatoms. The van der Waals surface area contributed by atoms with Gasteiger partial charge in [-0.25, -0.2) is 0 Å². The molecule has 0 aliphatic heterocycles. The second-order valence-electron chi connectivity index (χ2n) is 2.92. The molecular weight excluding hydrogens is 172 g/mol. The van der Waals surface area contributed by atoms with E-state index in [4.69, 9.17) is 14.9 Å². The first kappa shape index (κ1) is 12.6. The van der Waals surface area contributed by atoms with Crippen molar-refractivity contribution in [1.82, 2.24) is 0 Å². The minimum Gasteiger partial charge on any atom is -0.393 e. The lowest BCUT2D eigenvalue weighted by Crippen LogP contribution is -2.20. The predicted octanol–water partition coefficient (Wildman–Crippen LogP) is 0.461. The van der Waals surface area contributed by atoms with E-state index in [-0.39, 0.29) is 18.6 Å². The SMILES string of the molecule is CCOC(O)CC(=O)CC(O)CC. The van der Waals surface area contributed by atoms with Crippen molar-refractivity contribution in [3.63, 3.8) is 0 Å². The van der Waals surface area contributed by atoms with Gasteiger partial charge in [-0.05, 0) is 13.3 Å². The first-order valence-electron chi connectivity index (χ1n) is 4.59. The molecular formula is C9H18O4. The third-order valence-corrected chi connectivity index (χ3v) is 1.70. The molecule has 0 heterocycles. The molecule has 78 valence electrons. The molecule has 0 aliphatic carbocycles. The number of aliphatic hydroxyl groups excluding tert-OH is 2. The Balaban J connectivity index is 3.61. The average molecular weight is 190 g/mol. The van der Waals surface area contributed by atoms with Crippen molar-refractivity contribution in [3.05, 3.63) is 0 Å². The number of ketones is 1. The van der Waals surface area contributed by atoms with Crippen LogP contribution in [-0.4, -0.2) is 35.0 Å². The van der Waals surface area contributed by atoms with E-state index in [1.165, 1.54) is 0 Å². The number of ether oxygens (including phenoxy) is 1. The Bertz CT molecular complexity index is 147. The highest BCUT2D eigenvalue weighted by Gasteiger charge is 2.13. The number of carbonyl (C=O) groups excluding carboxylic acids is 1. The standard InChI is InChI=1S/C9H18O4/c1-3-7(10)5-8(11)6-9(12)13-4-2/h7,9-10,12H,3-6H2,1-2H3. The van der Waals surface area contributed by atoms with E-state index in [9.17, 15) is 4.79 Å². The number of hydrogen-bond donors (Lipinski definition) is 2. The van der Waals surface area contributed by atoms with Crippen LogP contribution in [0.25, 0.3) is 0 Å². The fourth-order valence-electron chi connectivity index (χ4n) is 0.937. The van der Waals surface area contributed by atoms with Gasteiger partial charge in [0.25, 0.3) is 0 Å². The minimum atomic E-state index is -1.03. The lowest BCUT2D eigenvalue weighted by atomic mass is 10.1. The van der Waals surface area contributed by atoms with E-state index in [0.717, 1.165) is 0 Å². The van der Waals surface area contributed by atoms with Crippen molar-refractivity contribution < 1.29 is 19.7 Å². The van der Waals surface area contributed by atoms with Gasteiger partial charge >= 0.3 is 0 Å². The van der Waals surface area contributed by atoms with E-state index < -0.39 is 12.4 Å². The summed E-state index contributed by atoms with van der Waals surface area (Å²) in [6.07, 6.45) is -1.01. The van der Waals surface area contributed by atoms with Crippen molar-refractivity contribution in [3.8, 4) is 0 Å². The Morgan fingerprint density at radius 2 is 1.92 bits per heavy atom. The van der Waals surface area contributed by atoms with E-state index >= 15 is 0 Å². The van der Waals surface area contributed by atoms with Crippen LogP contribution in [-0.2, 0) is 9.53 Å². The highest BCUT2D eigenvalue weighted by atomic mass is 16.6. The van der Waals surface area contributed by atoms with Gasteiger partial charge < -0.3 is 14.9 Å². The van der Waals surface area contributed by atoms with Crippen molar-refractivity contribution in [1.29, 1.82) is 0 Å². The normalized spacial score (nSPS) is 15.4. The summed E-state index contributed by atoms with van der Waals surface area (Å²) in [4.78, 5) is 11.1. The second kappa shape index (κ2) is 7.00. The van der Waals surface area contributed by atoms with Crippen LogP contribution < -0.4 is 0 Å². The Hall–Kier alpha value is -0.450. The Kier molecular flexibility index (Phi) is 6.76. The van der Waals surface area contributed by atoms with E-state index in [2.05, 4.69) is 0 Å². The molecule has 13 heavy (non-hydrogen) atoms. The molecule has 0 amide bonds. The molecule has 4 nitrogen and oxygen atoms in total. The number of hydrogen-bond acceptors (Lipinski definition) is 4. The fourth-order valence-corrected chi connectivity index (χ4v) is 0.937. The molecule has 0 aromatic heterocycles. The Labute approximate surface area is 78.5 Å². The molecule has 0 saturated heterocycles. The lowest BCUT2D eigenvalue weighted by molar-refractivity contribution is -0.136. The Morgan fingerprint density at radius 3 is 2.38 bits per heavy atom. The maximum Gasteiger partial charge on any atom is 0.161 e. The monoisotopic (exact) mass is 190 g/mol. The molecule has 0 aromatic rings. The minimum absolute atomic E-state index is 0.0368. The highest BCUT2D eigenvalue weighted by molar-refractivity contribution is 5.79. The molecule has 0 saturated carbocycles. The molecule has 0 rings (SSSR count). The van der Waals surface area contributed by atoms with Gasteiger partial charge in [-0.15, -0.1) is 0 Å². The van der Waals surface area contributed by atoms with Crippen LogP contribution in [0.3, 0.4) is 0 Å². The van der Waals surface area contributed by atoms with Gasteiger partial charge in [-0.1, -0.05) is 6.92 Å². The average Bonchev–Trinajstić information content (AvgIpc) is 2.04. The van der Waals surface area contributed by atoms with Gasteiger partial charge in [0.15, 0.2) is 6.29 Å². The Morgan fingerprint density at radius 1 is 1.31 bits per heavy atom. The van der Waals surface area contributed by atoms with Gasteiger partial charge in [-0.3, -0.25) is 4.79 Å². The van der Waals surface area contributed by atoms with Crippen molar-refractivity contribution in [2.45, 2.75) is 45.5 Å². The van der Waals surface area contributed by atoms with E-state index in [1.54, 1.807) is 13.8 Å². The number of aliphatic hydroxyl groups is 2. The second-order valence-corrected chi connectivity index (χ2v) is 2.92. The molecule has 0 aliphatic rings. The highest BCUT2D eigenvalue weighted by Crippen LogP contribution is 2.03. The van der Waals surface area contributed by atoms with Crippen LogP contribution in [0.5, 0.6) is 0 Å². The fraction of sp³-hybridized carbons (Fsp3) is 0.889. The van der Waals surface area contributed by atoms with Crippen LogP contribution in [0.1, 0.15) is 33.1 Å². The smallest absolute Gasteiger partial charge is 0.161 e. The summed E-state index contributed by atoms with van der Waals surface area (Å²) < 4.78 is 4.78. The molecule has 2 N–H and O–H groups in total. The van der Waals surface area contributed by atoms with Crippen LogP contribution in [0, 0.1) is 0 Å².